The summed E-state index contributed by atoms with van der Waals surface area (Å²) in [5.41, 5.74) is 3.56. The predicted octanol–water partition coefficient (Wildman–Crippen LogP) is 5.75. The highest BCUT2D eigenvalue weighted by atomic mass is 19.4. The molecule has 0 saturated carbocycles. The molecule has 4 rings (SSSR count). The van der Waals surface area contributed by atoms with E-state index in [1.165, 1.54) is 18.2 Å². The molecular weight excluding hydrogens is 577 g/mol. The Morgan fingerprint density at radius 1 is 1.02 bits per heavy atom. The van der Waals surface area contributed by atoms with E-state index >= 15 is 0 Å². The molecule has 0 radical (unpaired) electrons. The molecular formula is C33H33F3N2O6. The van der Waals surface area contributed by atoms with Crippen molar-refractivity contribution < 1.29 is 37.3 Å². The van der Waals surface area contributed by atoms with Crippen LogP contribution < -0.4 is 15.6 Å². The number of carbonyl (C=O) groups excluding carboxylic acids is 1. The van der Waals surface area contributed by atoms with Crippen molar-refractivity contribution in [3.05, 3.63) is 111 Å². The maximum atomic E-state index is 12.7. The van der Waals surface area contributed by atoms with Gasteiger partial charge in [-0.3, -0.25) is 14.4 Å². The van der Waals surface area contributed by atoms with Gasteiger partial charge in [0, 0.05) is 29.6 Å². The number of rotatable bonds is 12. The van der Waals surface area contributed by atoms with Gasteiger partial charge >= 0.3 is 18.3 Å². The number of H-pyrrole nitrogens is 1. The third-order valence-electron chi connectivity index (χ3n) is 7.37. The number of aliphatic carboxylic acids is 1. The summed E-state index contributed by atoms with van der Waals surface area (Å²) in [4.78, 5) is 39.7. The topological polar surface area (TPSA) is 118 Å². The van der Waals surface area contributed by atoms with E-state index < -0.39 is 24.2 Å². The van der Waals surface area contributed by atoms with Crippen molar-refractivity contribution in [1.29, 1.82) is 0 Å². The minimum atomic E-state index is -4.83. The van der Waals surface area contributed by atoms with Crippen LogP contribution in [-0.4, -0.2) is 42.0 Å². The lowest BCUT2D eigenvalue weighted by molar-refractivity contribution is -0.274. The first kappa shape index (κ1) is 32.3. The number of pyridine rings is 1. The van der Waals surface area contributed by atoms with Crippen LogP contribution in [0.4, 0.5) is 13.2 Å². The second-order valence-electron chi connectivity index (χ2n) is 10.7. The van der Waals surface area contributed by atoms with Crippen LogP contribution in [-0.2, 0) is 33.7 Å². The quantitative estimate of drug-likeness (QED) is 0.175. The van der Waals surface area contributed by atoms with E-state index in [1.807, 2.05) is 32.0 Å². The summed E-state index contributed by atoms with van der Waals surface area (Å²) in [7, 11) is 1.59. The highest BCUT2D eigenvalue weighted by Crippen LogP contribution is 2.29. The van der Waals surface area contributed by atoms with Crippen LogP contribution in [0.5, 0.6) is 5.75 Å². The molecule has 0 spiro atoms. The number of aromatic amines is 1. The fourth-order valence-electron chi connectivity index (χ4n) is 5.23. The largest absolute Gasteiger partial charge is 0.573 e. The number of benzene rings is 3. The van der Waals surface area contributed by atoms with Crippen molar-refractivity contribution in [3.63, 3.8) is 0 Å². The lowest BCUT2D eigenvalue weighted by atomic mass is 9.87. The van der Waals surface area contributed by atoms with Crippen LogP contribution in [0, 0.1) is 6.92 Å². The molecule has 232 valence electrons. The van der Waals surface area contributed by atoms with E-state index in [2.05, 4.69) is 15.0 Å². The van der Waals surface area contributed by atoms with Gasteiger partial charge in [0.25, 0.3) is 5.56 Å². The molecule has 0 amide bonds. The second-order valence-corrected chi connectivity index (χ2v) is 10.7. The molecule has 0 aliphatic rings. The van der Waals surface area contributed by atoms with E-state index in [0.29, 0.717) is 16.5 Å². The lowest BCUT2D eigenvalue weighted by Gasteiger charge is -2.19. The first-order chi connectivity index (χ1) is 20.8. The van der Waals surface area contributed by atoms with Crippen LogP contribution in [0.25, 0.3) is 10.8 Å². The monoisotopic (exact) mass is 610 g/mol. The van der Waals surface area contributed by atoms with Gasteiger partial charge in [-0.05, 0) is 71.8 Å². The predicted molar refractivity (Wildman–Crippen MR) is 159 cm³/mol. The Balaban J connectivity index is 1.40. The standard InChI is InChI=1S/C33H33F3N2O6/c1-19-12-24(28(32(41)42)15-22-4-6-23-10-11-38-31(40)27(23)14-22)7-8-26(19)20(2)18-43-30(39)16-21-5-9-29(44-33(34,35)36)25(13-21)17-37-3/h4-14,20,28,37H,15-18H2,1-3H3,(H,38,40)(H,41,42)/t20-,28?/m0/s1. The number of esters is 1. The minimum Gasteiger partial charge on any atom is -0.481 e. The van der Waals surface area contributed by atoms with Crippen LogP contribution in [0.3, 0.4) is 0 Å². The Labute approximate surface area is 251 Å². The summed E-state index contributed by atoms with van der Waals surface area (Å²) < 4.78 is 47.7. The number of carboxylic acid groups (broad SMARTS) is 1. The van der Waals surface area contributed by atoms with E-state index in [9.17, 15) is 32.7 Å². The minimum absolute atomic E-state index is 0.0612. The van der Waals surface area contributed by atoms with Gasteiger partial charge in [0.2, 0.25) is 0 Å². The van der Waals surface area contributed by atoms with Gasteiger partial charge in [-0.25, -0.2) is 0 Å². The number of hydrogen-bond acceptors (Lipinski definition) is 6. The van der Waals surface area contributed by atoms with E-state index in [1.54, 1.807) is 37.5 Å². The van der Waals surface area contributed by atoms with Gasteiger partial charge in [-0.1, -0.05) is 49.4 Å². The molecule has 3 aromatic carbocycles. The van der Waals surface area contributed by atoms with Crippen LogP contribution >= 0.6 is 0 Å². The number of hydrogen-bond donors (Lipinski definition) is 3. The van der Waals surface area contributed by atoms with E-state index in [0.717, 1.165) is 22.1 Å². The van der Waals surface area contributed by atoms with Crippen LogP contribution in [0.15, 0.2) is 71.7 Å². The molecule has 1 heterocycles. The smallest absolute Gasteiger partial charge is 0.481 e. The average Bonchev–Trinajstić information content (AvgIpc) is 2.95. The first-order valence-electron chi connectivity index (χ1n) is 14.0. The molecule has 8 nitrogen and oxygen atoms in total. The normalized spacial score (nSPS) is 13.0. The molecule has 0 aliphatic heterocycles. The van der Waals surface area contributed by atoms with Crippen molar-refractivity contribution in [1.82, 2.24) is 10.3 Å². The molecule has 0 aliphatic carbocycles. The number of ether oxygens (including phenoxy) is 2. The lowest BCUT2D eigenvalue weighted by Crippen LogP contribution is -2.19. The van der Waals surface area contributed by atoms with Crippen LogP contribution in [0.2, 0.25) is 0 Å². The summed E-state index contributed by atoms with van der Waals surface area (Å²) >= 11 is 0. The number of alkyl halides is 3. The molecule has 4 aromatic rings. The molecule has 0 saturated heterocycles. The zero-order valence-electron chi connectivity index (χ0n) is 24.5. The van der Waals surface area contributed by atoms with Crippen molar-refractivity contribution in [2.45, 2.75) is 51.4 Å². The van der Waals surface area contributed by atoms with Crippen LogP contribution in [0.1, 0.15) is 52.1 Å². The van der Waals surface area contributed by atoms with Gasteiger partial charge in [0.1, 0.15) is 5.75 Å². The summed E-state index contributed by atoms with van der Waals surface area (Å²) in [6.45, 7) is 3.92. The number of carbonyl (C=O) groups is 2. The molecule has 0 fully saturated rings. The third kappa shape index (κ3) is 8.25. The average molecular weight is 611 g/mol. The molecule has 2 atom stereocenters. The Bertz CT molecular complexity index is 1720. The zero-order chi connectivity index (χ0) is 32.0. The SMILES string of the molecule is CNCc1cc(CC(=O)OC[C@H](C)c2ccc(C(Cc3ccc4cc[nH]c(=O)c4c3)C(=O)O)cc2C)ccc1OC(F)(F)F. The van der Waals surface area contributed by atoms with Gasteiger partial charge in [-0.2, -0.15) is 0 Å². The number of aromatic nitrogens is 1. The van der Waals surface area contributed by atoms with Crippen molar-refractivity contribution in [2.75, 3.05) is 13.7 Å². The van der Waals surface area contributed by atoms with Crippen molar-refractivity contribution in [3.8, 4) is 5.75 Å². The van der Waals surface area contributed by atoms with Crippen molar-refractivity contribution in [2.24, 2.45) is 0 Å². The molecule has 11 heteroatoms. The number of carboxylic acids is 1. The van der Waals surface area contributed by atoms with Gasteiger partial charge in [-0.15, -0.1) is 13.2 Å². The number of halogens is 3. The summed E-state index contributed by atoms with van der Waals surface area (Å²) in [5.74, 6) is -2.90. The Kier molecular flexibility index (Phi) is 10.1. The second kappa shape index (κ2) is 13.8. The maximum Gasteiger partial charge on any atom is 0.573 e. The molecule has 3 N–H and O–H groups in total. The highest BCUT2D eigenvalue weighted by Gasteiger charge is 2.32. The maximum absolute atomic E-state index is 12.7. The Morgan fingerprint density at radius 2 is 1.77 bits per heavy atom. The van der Waals surface area contributed by atoms with Gasteiger partial charge in [0.05, 0.1) is 18.9 Å². The van der Waals surface area contributed by atoms with E-state index in [-0.39, 0.29) is 48.8 Å². The molecule has 1 unspecified atom stereocenters. The van der Waals surface area contributed by atoms with Gasteiger partial charge < -0.3 is 24.9 Å². The Morgan fingerprint density at radius 3 is 2.45 bits per heavy atom. The number of fused-ring (bicyclic) bond motifs is 1. The van der Waals surface area contributed by atoms with E-state index in [4.69, 9.17) is 4.74 Å². The first-order valence-corrected chi connectivity index (χ1v) is 14.0. The molecule has 44 heavy (non-hydrogen) atoms. The fourth-order valence-corrected chi connectivity index (χ4v) is 5.23. The summed E-state index contributed by atoms with van der Waals surface area (Å²) in [6.07, 6.45) is -3.20. The highest BCUT2D eigenvalue weighted by molar-refractivity contribution is 5.82. The summed E-state index contributed by atoms with van der Waals surface area (Å²) in [5, 5.41) is 14.1. The van der Waals surface area contributed by atoms with Gasteiger partial charge in [0.15, 0.2) is 0 Å². The third-order valence-corrected chi connectivity index (χ3v) is 7.37. The number of aryl methyl sites for hydroxylation is 1. The fraction of sp³-hybridized carbons (Fsp3) is 0.303. The zero-order valence-corrected chi connectivity index (χ0v) is 24.5. The number of nitrogens with one attached hydrogen (secondary N) is 2. The Hall–Kier alpha value is -4.64. The van der Waals surface area contributed by atoms with Crippen molar-refractivity contribution >= 4 is 22.7 Å². The molecule has 1 aromatic heterocycles. The molecule has 0 bridgehead atoms. The summed E-state index contributed by atoms with van der Waals surface area (Å²) in [6, 6.07) is 16.6.